The minimum atomic E-state index is -0.352. The summed E-state index contributed by atoms with van der Waals surface area (Å²) >= 11 is 0. The van der Waals surface area contributed by atoms with Crippen LogP contribution < -0.4 is 16.1 Å². The smallest absolute Gasteiger partial charge is 0.312 e. The maximum Gasteiger partial charge on any atom is 0.332 e. The van der Waals surface area contributed by atoms with Crippen LogP contribution in [0.15, 0.2) is 52.1 Å². The van der Waals surface area contributed by atoms with E-state index < -0.39 is 0 Å². The van der Waals surface area contributed by atoms with Crippen LogP contribution in [0.1, 0.15) is 29.2 Å². The summed E-state index contributed by atoms with van der Waals surface area (Å²) in [6.07, 6.45) is 0. The van der Waals surface area contributed by atoms with E-state index in [1.54, 1.807) is 7.05 Å². The van der Waals surface area contributed by atoms with Gasteiger partial charge in [0.1, 0.15) is 0 Å². The molecule has 0 aliphatic carbocycles. The lowest BCUT2D eigenvalue weighted by atomic mass is 10.1. The van der Waals surface area contributed by atoms with Crippen molar-refractivity contribution >= 4 is 22.8 Å². The first kappa shape index (κ1) is 21.2. The molecule has 2 aromatic carbocycles. The zero-order chi connectivity index (χ0) is 23.4. The second-order valence-corrected chi connectivity index (χ2v) is 9.40. The summed E-state index contributed by atoms with van der Waals surface area (Å²) in [4.78, 5) is 33.8. The zero-order valence-corrected chi connectivity index (χ0v) is 19.8. The fourth-order valence-electron chi connectivity index (χ4n) is 4.75. The Morgan fingerprint density at radius 1 is 1.00 bits per heavy atom. The Hall–Kier alpha value is -3.61. The van der Waals surface area contributed by atoms with Crippen molar-refractivity contribution in [2.45, 2.75) is 40.8 Å². The molecule has 2 aromatic heterocycles. The molecule has 0 N–H and O–H groups in total. The van der Waals surface area contributed by atoms with Crippen molar-refractivity contribution < 1.29 is 0 Å². The van der Waals surface area contributed by atoms with Crippen LogP contribution in [0.4, 0.5) is 11.6 Å². The van der Waals surface area contributed by atoms with Gasteiger partial charge in [0, 0.05) is 25.8 Å². The van der Waals surface area contributed by atoms with Gasteiger partial charge >= 0.3 is 5.69 Å². The Kier molecular flexibility index (Phi) is 5.00. The van der Waals surface area contributed by atoms with E-state index in [1.165, 1.54) is 20.3 Å². The second-order valence-electron chi connectivity index (χ2n) is 9.40. The molecule has 0 bridgehead atoms. The summed E-state index contributed by atoms with van der Waals surface area (Å²) in [5.41, 5.74) is 5.79. The molecule has 0 spiro atoms. The normalized spacial score (nSPS) is 15.8. The number of benzene rings is 2. The highest BCUT2D eigenvalue weighted by Gasteiger charge is 2.30. The van der Waals surface area contributed by atoms with E-state index in [4.69, 9.17) is 4.98 Å². The van der Waals surface area contributed by atoms with Gasteiger partial charge in [-0.3, -0.25) is 13.9 Å². The number of rotatable bonds is 3. The van der Waals surface area contributed by atoms with Gasteiger partial charge in [0.15, 0.2) is 11.2 Å². The Balaban J connectivity index is 1.72. The van der Waals surface area contributed by atoms with Crippen molar-refractivity contribution in [1.82, 2.24) is 18.7 Å². The van der Waals surface area contributed by atoms with Crippen LogP contribution >= 0.6 is 0 Å². The van der Waals surface area contributed by atoms with Gasteiger partial charge in [-0.25, -0.2) is 4.79 Å². The van der Waals surface area contributed by atoms with Crippen LogP contribution in [-0.4, -0.2) is 25.2 Å². The number of imidazole rings is 1. The minimum absolute atomic E-state index is 0.236. The number of nitrogens with zero attached hydrogens (tertiary/aromatic N) is 5. The molecule has 3 heterocycles. The third-order valence-corrected chi connectivity index (χ3v) is 6.67. The molecule has 7 nitrogen and oxygen atoms in total. The van der Waals surface area contributed by atoms with E-state index in [0.29, 0.717) is 29.6 Å². The van der Waals surface area contributed by atoms with E-state index in [0.717, 1.165) is 23.4 Å². The second kappa shape index (κ2) is 7.76. The van der Waals surface area contributed by atoms with Gasteiger partial charge in [-0.15, -0.1) is 0 Å². The molecule has 0 radical (unpaired) electrons. The highest BCUT2D eigenvalue weighted by Crippen LogP contribution is 2.33. The van der Waals surface area contributed by atoms with Crippen molar-refractivity contribution in [3.8, 4) is 0 Å². The summed E-state index contributed by atoms with van der Waals surface area (Å²) in [5.74, 6) is 1.03. The van der Waals surface area contributed by atoms with E-state index in [-0.39, 0.29) is 17.8 Å². The van der Waals surface area contributed by atoms with Crippen LogP contribution in [-0.2, 0) is 20.1 Å². The highest BCUT2D eigenvalue weighted by molar-refractivity contribution is 5.77. The van der Waals surface area contributed by atoms with Gasteiger partial charge in [-0.1, -0.05) is 42.8 Å². The fourth-order valence-corrected chi connectivity index (χ4v) is 4.75. The highest BCUT2D eigenvalue weighted by atomic mass is 16.2. The summed E-state index contributed by atoms with van der Waals surface area (Å²) in [6, 6.07) is 14.3. The number of anilines is 2. The number of hydrogen-bond acceptors (Lipinski definition) is 4. The quantitative estimate of drug-likeness (QED) is 0.485. The molecule has 170 valence electrons. The van der Waals surface area contributed by atoms with Gasteiger partial charge in [-0.2, -0.15) is 4.98 Å². The molecular formula is C26H29N5O2. The topological polar surface area (TPSA) is 65.1 Å². The zero-order valence-electron chi connectivity index (χ0n) is 19.8. The first-order valence-corrected chi connectivity index (χ1v) is 11.3. The average Bonchev–Trinajstić information content (AvgIpc) is 3.16. The Labute approximate surface area is 192 Å². The van der Waals surface area contributed by atoms with Crippen LogP contribution in [0, 0.1) is 26.7 Å². The lowest BCUT2D eigenvalue weighted by Crippen LogP contribution is -2.40. The molecule has 0 saturated carbocycles. The summed E-state index contributed by atoms with van der Waals surface area (Å²) in [7, 11) is 1.69. The lowest BCUT2D eigenvalue weighted by Gasteiger charge is -2.33. The summed E-state index contributed by atoms with van der Waals surface area (Å²) in [6.45, 7) is 10.1. The van der Waals surface area contributed by atoms with Crippen molar-refractivity contribution in [2.24, 2.45) is 13.0 Å². The molecule has 7 heteroatoms. The van der Waals surface area contributed by atoms with Crippen LogP contribution in [0.25, 0.3) is 11.2 Å². The molecule has 0 fully saturated rings. The minimum Gasteiger partial charge on any atom is -0.312 e. The monoisotopic (exact) mass is 443 g/mol. The molecule has 5 rings (SSSR count). The van der Waals surface area contributed by atoms with Crippen LogP contribution in [0.5, 0.6) is 0 Å². The van der Waals surface area contributed by atoms with Crippen LogP contribution in [0.3, 0.4) is 0 Å². The first-order chi connectivity index (χ1) is 15.7. The average molecular weight is 444 g/mol. The van der Waals surface area contributed by atoms with E-state index in [9.17, 15) is 9.59 Å². The SMILES string of the molecule is Cc1cccc(Cn2c(=O)c3c(nc4n3CC(C)CN4c3ccc(C)c(C)c3)n(C)c2=O)c1. The predicted molar refractivity (Wildman–Crippen MR) is 132 cm³/mol. The summed E-state index contributed by atoms with van der Waals surface area (Å²) < 4.78 is 4.82. The molecule has 1 aliphatic heterocycles. The lowest BCUT2D eigenvalue weighted by molar-refractivity contribution is 0.458. The van der Waals surface area contributed by atoms with Crippen LogP contribution in [0.2, 0.25) is 0 Å². The summed E-state index contributed by atoms with van der Waals surface area (Å²) in [5, 5.41) is 0. The molecular weight excluding hydrogens is 414 g/mol. The van der Waals surface area contributed by atoms with E-state index in [1.807, 2.05) is 35.8 Å². The standard InChI is InChI=1S/C26H29N5O2/c1-16-7-6-8-20(11-16)15-31-24(32)22-23(28(5)26(31)33)27-25-29(13-17(2)14-30(22)25)21-10-9-18(3)19(4)12-21/h6-12,17H,13-15H2,1-5H3. The Morgan fingerprint density at radius 2 is 1.79 bits per heavy atom. The van der Waals surface area contributed by atoms with Gasteiger partial charge in [0.2, 0.25) is 5.95 Å². The van der Waals surface area contributed by atoms with E-state index >= 15 is 0 Å². The maximum atomic E-state index is 13.6. The van der Waals surface area contributed by atoms with Gasteiger partial charge in [-0.05, 0) is 55.5 Å². The maximum absolute atomic E-state index is 13.6. The van der Waals surface area contributed by atoms with Crippen molar-refractivity contribution in [3.63, 3.8) is 0 Å². The van der Waals surface area contributed by atoms with Crippen molar-refractivity contribution in [3.05, 3.63) is 85.6 Å². The van der Waals surface area contributed by atoms with Gasteiger partial charge in [0.05, 0.1) is 6.54 Å². The van der Waals surface area contributed by atoms with Crippen molar-refractivity contribution in [1.29, 1.82) is 0 Å². The van der Waals surface area contributed by atoms with Crippen molar-refractivity contribution in [2.75, 3.05) is 11.4 Å². The van der Waals surface area contributed by atoms with Gasteiger partial charge < -0.3 is 9.47 Å². The molecule has 1 atom stereocenters. The number of fused-ring (bicyclic) bond motifs is 3. The predicted octanol–water partition coefficient (Wildman–Crippen LogP) is 3.66. The van der Waals surface area contributed by atoms with Gasteiger partial charge in [0.25, 0.3) is 5.56 Å². The number of aryl methyl sites for hydroxylation is 4. The first-order valence-electron chi connectivity index (χ1n) is 11.3. The third-order valence-electron chi connectivity index (χ3n) is 6.67. The van der Waals surface area contributed by atoms with E-state index in [2.05, 4.69) is 43.9 Å². The molecule has 4 aromatic rings. The fraction of sp³-hybridized carbons (Fsp3) is 0.346. The number of aromatic nitrogens is 4. The Morgan fingerprint density at radius 3 is 2.52 bits per heavy atom. The molecule has 1 unspecified atom stereocenters. The molecule has 0 amide bonds. The Bertz CT molecular complexity index is 1510. The number of hydrogen-bond donors (Lipinski definition) is 0. The third kappa shape index (κ3) is 3.48. The molecule has 33 heavy (non-hydrogen) atoms. The molecule has 1 aliphatic rings. The largest absolute Gasteiger partial charge is 0.332 e. The molecule has 0 saturated heterocycles.